The first kappa shape index (κ1) is 32.2. The van der Waals surface area contributed by atoms with E-state index in [0.717, 1.165) is 30.8 Å². The molecule has 1 heterocycles. The van der Waals surface area contributed by atoms with Gasteiger partial charge in [0, 0.05) is 6.54 Å². The molecular weight excluding hydrogens is 491 g/mol. The molecule has 1 unspecified atom stereocenters. The maximum absolute atomic E-state index is 11.5. The van der Waals surface area contributed by atoms with E-state index in [1.165, 1.54) is 101 Å². The molecule has 0 saturated carbocycles. The SMILES string of the molecule is CCCCCCCCCCCCCCCCC1Nc2cc(S(=O)(=O)[O-])ccc2N1Cc1ccccc1.[Na+]. The van der Waals surface area contributed by atoms with Crippen LogP contribution in [0.25, 0.3) is 0 Å². The number of nitrogens with one attached hydrogen (secondary N) is 1. The minimum absolute atomic E-state index is 0. The van der Waals surface area contributed by atoms with E-state index in [9.17, 15) is 13.0 Å². The van der Waals surface area contributed by atoms with Gasteiger partial charge >= 0.3 is 29.6 Å². The predicted molar refractivity (Wildman–Crippen MR) is 149 cm³/mol. The van der Waals surface area contributed by atoms with Crippen LogP contribution < -0.4 is 39.8 Å². The Balaban J connectivity index is 0.00000481. The van der Waals surface area contributed by atoms with E-state index in [4.69, 9.17) is 0 Å². The average molecular weight is 537 g/mol. The van der Waals surface area contributed by atoms with Crippen molar-refractivity contribution in [2.45, 2.75) is 121 Å². The summed E-state index contributed by atoms with van der Waals surface area (Å²) in [4.78, 5) is 2.12. The van der Waals surface area contributed by atoms with Crippen LogP contribution in [-0.2, 0) is 16.7 Å². The van der Waals surface area contributed by atoms with Gasteiger partial charge in [0.05, 0.1) is 22.4 Å². The fourth-order valence-corrected chi connectivity index (χ4v) is 5.69. The third-order valence-corrected chi connectivity index (χ3v) is 8.12. The molecule has 0 aromatic heterocycles. The number of rotatable bonds is 18. The van der Waals surface area contributed by atoms with Crippen molar-refractivity contribution < 1.29 is 42.5 Å². The van der Waals surface area contributed by atoms with Gasteiger partial charge in [-0.2, -0.15) is 0 Å². The van der Waals surface area contributed by atoms with Crippen LogP contribution in [0.15, 0.2) is 53.4 Å². The number of fused-ring (bicyclic) bond motifs is 1. The fraction of sp³-hybridized carbons (Fsp3) is 0.600. The molecule has 0 radical (unpaired) electrons. The summed E-state index contributed by atoms with van der Waals surface area (Å²) in [6.45, 7) is 3.02. The molecule has 0 amide bonds. The summed E-state index contributed by atoms with van der Waals surface area (Å²) < 4.78 is 34.5. The summed E-state index contributed by atoms with van der Waals surface area (Å²) in [6.07, 6.45) is 19.8. The van der Waals surface area contributed by atoms with Gasteiger partial charge in [0.25, 0.3) is 0 Å². The largest absolute Gasteiger partial charge is 1.00 e. The molecule has 37 heavy (non-hydrogen) atoms. The van der Waals surface area contributed by atoms with Crippen molar-refractivity contribution in [1.29, 1.82) is 0 Å². The van der Waals surface area contributed by atoms with Crippen LogP contribution >= 0.6 is 0 Å². The van der Waals surface area contributed by atoms with E-state index >= 15 is 0 Å². The van der Waals surface area contributed by atoms with Crippen molar-refractivity contribution in [2.24, 2.45) is 0 Å². The number of nitrogens with zero attached hydrogens (tertiary/aromatic N) is 1. The van der Waals surface area contributed by atoms with Crippen molar-refractivity contribution in [1.82, 2.24) is 0 Å². The zero-order valence-corrected chi connectivity index (χ0v) is 25.9. The van der Waals surface area contributed by atoms with Crippen LogP contribution in [0.1, 0.15) is 109 Å². The van der Waals surface area contributed by atoms with Gasteiger partial charge in [-0.05, 0) is 36.6 Å². The summed E-state index contributed by atoms with van der Waals surface area (Å²) in [6, 6.07) is 15.0. The molecule has 1 atom stereocenters. The molecule has 0 saturated heterocycles. The monoisotopic (exact) mass is 536 g/mol. The van der Waals surface area contributed by atoms with Crippen LogP contribution in [0.5, 0.6) is 0 Å². The number of unbranched alkanes of at least 4 members (excludes halogenated alkanes) is 13. The molecule has 5 nitrogen and oxygen atoms in total. The molecule has 1 N–H and O–H groups in total. The predicted octanol–water partition coefficient (Wildman–Crippen LogP) is 5.22. The van der Waals surface area contributed by atoms with Gasteiger partial charge in [0.1, 0.15) is 10.1 Å². The first-order valence-electron chi connectivity index (χ1n) is 14.2. The van der Waals surface area contributed by atoms with Crippen molar-refractivity contribution in [2.75, 3.05) is 10.2 Å². The van der Waals surface area contributed by atoms with E-state index in [2.05, 4.69) is 29.3 Å². The van der Waals surface area contributed by atoms with Crippen LogP contribution in [-0.4, -0.2) is 19.1 Å². The number of benzene rings is 2. The summed E-state index contributed by atoms with van der Waals surface area (Å²) in [7, 11) is -4.47. The number of anilines is 2. The smallest absolute Gasteiger partial charge is 0.744 e. The van der Waals surface area contributed by atoms with Gasteiger partial charge in [-0.3, -0.25) is 0 Å². The molecule has 0 spiro atoms. The Labute approximate surface area is 247 Å². The van der Waals surface area contributed by atoms with E-state index < -0.39 is 10.1 Å². The molecule has 0 fully saturated rings. The maximum Gasteiger partial charge on any atom is 1.00 e. The fourth-order valence-electron chi connectivity index (χ4n) is 5.20. The second-order valence-electron chi connectivity index (χ2n) is 10.3. The minimum Gasteiger partial charge on any atom is -0.744 e. The third-order valence-electron chi connectivity index (χ3n) is 7.29. The van der Waals surface area contributed by atoms with Crippen LogP contribution in [0.3, 0.4) is 0 Å². The minimum atomic E-state index is -4.47. The maximum atomic E-state index is 11.5. The molecule has 3 rings (SSSR count). The van der Waals surface area contributed by atoms with Gasteiger partial charge in [0.2, 0.25) is 0 Å². The van der Waals surface area contributed by atoms with E-state index in [0.29, 0.717) is 0 Å². The molecule has 1 aliphatic heterocycles. The Morgan fingerprint density at radius 2 is 1.32 bits per heavy atom. The molecular formula is C30H45N2NaO3S. The zero-order valence-electron chi connectivity index (χ0n) is 23.1. The van der Waals surface area contributed by atoms with Crippen molar-refractivity contribution in [3.63, 3.8) is 0 Å². The number of hydrogen-bond donors (Lipinski definition) is 1. The van der Waals surface area contributed by atoms with Gasteiger partial charge in [-0.25, -0.2) is 8.42 Å². The summed E-state index contributed by atoms with van der Waals surface area (Å²) in [5, 5.41) is 3.49. The van der Waals surface area contributed by atoms with Crippen molar-refractivity contribution in [3.8, 4) is 0 Å². The normalized spacial score (nSPS) is 14.8. The molecule has 200 valence electrons. The van der Waals surface area contributed by atoms with Gasteiger partial charge in [-0.15, -0.1) is 0 Å². The van der Waals surface area contributed by atoms with Crippen molar-refractivity contribution >= 4 is 21.5 Å². The Hall–Kier alpha value is -1.05. The average Bonchev–Trinajstić information content (AvgIpc) is 3.20. The third kappa shape index (κ3) is 11.3. The van der Waals surface area contributed by atoms with Gasteiger partial charge < -0.3 is 14.8 Å². The second kappa shape index (κ2) is 17.5. The molecule has 0 aliphatic carbocycles. The van der Waals surface area contributed by atoms with E-state index in [1.54, 1.807) is 6.07 Å². The van der Waals surface area contributed by atoms with E-state index in [-0.39, 0.29) is 40.6 Å². The Morgan fingerprint density at radius 1 is 0.784 bits per heavy atom. The first-order valence-corrected chi connectivity index (χ1v) is 15.6. The van der Waals surface area contributed by atoms with Crippen LogP contribution in [0, 0.1) is 0 Å². The standard InChI is InChI=1S/C30H46N2O3S.Na/c1-2-3-4-5-6-7-8-9-10-11-12-13-14-18-21-30-31-28-24-27(36(33,34)35)22-23-29(28)32(30)25-26-19-16-15-17-20-26;/h15-17,19-20,22-24,30-31H,2-14,18,21,25H2,1H3,(H,33,34,35);/q;+1/p-1. The molecule has 0 bridgehead atoms. The number of hydrogen-bond acceptors (Lipinski definition) is 5. The summed E-state index contributed by atoms with van der Waals surface area (Å²) in [5.74, 6) is 0. The van der Waals surface area contributed by atoms with Gasteiger partial charge in [-0.1, -0.05) is 121 Å². The quantitative estimate of drug-likeness (QED) is 0.161. The van der Waals surface area contributed by atoms with Gasteiger partial charge in [0.15, 0.2) is 0 Å². The summed E-state index contributed by atoms with van der Waals surface area (Å²) >= 11 is 0. The first-order chi connectivity index (χ1) is 17.5. The van der Waals surface area contributed by atoms with Crippen molar-refractivity contribution in [3.05, 3.63) is 54.1 Å². The van der Waals surface area contributed by atoms with Crippen LogP contribution in [0.2, 0.25) is 0 Å². The molecule has 7 heteroatoms. The molecule has 2 aromatic carbocycles. The Morgan fingerprint density at radius 3 is 1.86 bits per heavy atom. The Kier molecular flexibility index (Phi) is 15.2. The topological polar surface area (TPSA) is 72.5 Å². The zero-order chi connectivity index (χ0) is 25.6. The molecule has 1 aliphatic rings. The molecule has 2 aromatic rings. The van der Waals surface area contributed by atoms with E-state index in [1.807, 2.05) is 18.2 Å². The Bertz CT molecular complexity index is 1000. The van der Waals surface area contributed by atoms with Crippen LogP contribution in [0.4, 0.5) is 11.4 Å². The second-order valence-corrected chi connectivity index (χ2v) is 11.7. The summed E-state index contributed by atoms with van der Waals surface area (Å²) in [5.41, 5.74) is 2.90.